The molecule has 3 rings (SSSR count). The van der Waals surface area contributed by atoms with Gasteiger partial charge in [0.05, 0.1) is 13.2 Å². The van der Waals surface area contributed by atoms with Gasteiger partial charge in [-0.25, -0.2) is 4.99 Å². The molecule has 0 saturated carbocycles. The Bertz CT molecular complexity index is 701. The van der Waals surface area contributed by atoms with E-state index in [1.807, 2.05) is 0 Å². The van der Waals surface area contributed by atoms with Crippen molar-refractivity contribution in [3.05, 3.63) is 35.4 Å². The van der Waals surface area contributed by atoms with Gasteiger partial charge in [-0.15, -0.1) is 0 Å². The highest BCUT2D eigenvalue weighted by Gasteiger charge is 2.19. The van der Waals surface area contributed by atoms with E-state index in [2.05, 4.69) is 39.9 Å². The smallest absolute Gasteiger partial charge is 0.243 e. The summed E-state index contributed by atoms with van der Waals surface area (Å²) in [6.45, 7) is 4.07. The van der Waals surface area contributed by atoms with E-state index in [1.54, 1.807) is 19.0 Å². The van der Waals surface area contributed by atoms with Crippen molar-refractivity contribution in [1.82, 2.24) is 15.5 Å². The van der Waals surface area contributed by atoms with Gasteiger partial charge in [-0.2, -0.15) is 0 Å². The SMILES string of the molecule is CN(C)C(=O)CN=C(NCCCOCC1CCOC1)NC1CCc2ccccc2C1. The van der Waals surface area contributed by atoms with E-state index < -0.39 is 0 Å². The first kappa shape index (κ1) is 22.6. The van der Waals surface area contributed by atoms with Crippen LogP contribution in [0.2, 0.25) is 0 Å². The summed E-state index contributed by atoms with van der Waals surface area (Å²) >= 11 is 0. The predicted molar refractivity (Wildman–Crippen MR) is 119 cm³/mol. The molecule has 1 fully saturated rings. The minimum atomic E-state index is -0.00722. The van der Waals surface area contributed by atoms with Gasteiger partial charge in [0.2, 0.25) is 5.91 Å². The normalized spacial score (nSPS) is 21.2. The van der Waals surface area contributed by atoms with E-state index >= 15 is 0 Å². The number of ether oxygens (including phenoxy) is 2. The molecule has 1 aliphatic carbocycles. The summed E-state index contributed by atoms with van der Waals surface area (Å²) in [6, 6.07) is 8.94. The van der Waals surface area contributed by atoms with Gasteiger partial charge in [-0.05, 0) is 43.2 Å². The zero-order valence-electron chi connectivity index (χ0n) is 18.4. The average Bonchev–Trinajstić information content (AvgIpc) is 3.27. The maximum atomic E-state index is 12.0. The number of hydrogen-bond acceptors (Lipinski definition) is 4. The lowest BCUT2D eigenvalue weighted by atomic mass is 9.88. The number of benzene rings is 1. The van der Waals surface area contributed by atoms with E-state index in [-0.39, 0.29) is 12.5 Å². The molecule has 0 radical (unpaired) electrons. The summed E-state index contributed by atoms with van der Waals surface area (Å²) in [6.07, 6.45) is 5.10. The molecule has 0 aromatic heterocycles. The fraction of sp³-hybridized carbons (Fsp3) is 0.652. The van der Waals surface area contributed by atoms with Gasteiger partial charge < -0.3 is 25.0 Å². The number of nitrogens with one attached hydrogen (secondary N) is 2. The number of carbonyl (C=O) groups is 1. The first-order valence-corrected chi connectivity index (χ1v) is 11.1. The first-order chi connectivity index (χ1) is 14.6. The first-order valence-electron chi connectivity index (χ1n) is 11.1. The van der Waals surface area contributed by atoms with E-state index in [0.717, 1.165) is 58.5 Å². The molecule has 7 nitrogen and oxygen atoms in total. The van der Waals surface area contributed by atoms with Crippen LogP contribution >= 0.6 is 0 Å². The minimum Gasteiger partial charge on any atom is -0.381 e. The summed E-state index contributed by atoms with van der Waals surface area (Å²) in [5.74, 6) is 1.24. The molecule has 2 aliphatic rings. The van der Waals surface area contributed by atoms with Crippen LogP contribution in [0.1, 0.15) is 30.4 Å². The van der Waals surface area contributed by atoms with Gasteiger partial charge >= 0.3 is 0 Å². The van der Waals surface area contributed by atoms with Crippen LogP contribution in [-0.4, -0.2) is 76.4 Å². The molecule has 2 N–H and O–H groups in total. The quantitative estimate of drug-likeness (QED) is 0.363. The topological polar surface area (TPSA) is 75.2 Å². The van der Waals surface area contributed by atoms with Gasteiger partial charge in [0.25, 0.3) is 0 Å². The average molecular weight is 417 g/mol. The second kappa shape index (κ2) is 11.9. The van der Waals surface area contributed by atoms with Crippen molar-refractivity contribution in [3.63, 3.8) is 0 Å². The Morgan fingerprint density at radius 2 is 2.10 bits per heavy atom. The van der Waals surface area contributed by atoms with Crippen LogP contribution < -0.4 is 10.6 Å². The third kappa shape index (κ3) is 7.29. The lowest BCUT2D eigenvalue weighted by Gasteiger charge is -2.27. The fourth-order valence-electron chi connectivity index (χ4n) is 3.80. The molecule has 2 atom stereocenters. The van der Waals surface area contributed by atoms with Crippen molar-refractivity contribution < 1.29 is 14.3 Å². The van der Waals surface area contributed by atoms with Gasteiger partial charge in [0.15, 0.2) is 5.96 Å². The molecule has 30 heavy (non-hydrogen) atoms. The zero-order chi connectivity index (χ0) is 21.2. The molecule has 166 valence electrons. The fourth-order valence-corrected chi connectivity index (χ4v) is 3.80. The molecular formula is C23H36N4O3. The van der Waals surface area contributed by atoms with Gasteiger partial charge in [0, 0.05) is 45.8 Å². The number of hydrogen-bond donors (Lipinski definition) is 2. The van der Waals surface area contributed by atoms with Crippen molar-refractivity contribution in [2.75, 3.05) is 53.6 Å². The van der Waals surface area contributed by atoms with E-state index in [4.69, 9.17) is 9.47 Å². The Kier molecular flexibility index (Phi) is 8.96. The largest absolute Gasteiger partial charge is 0.381 e. The minimum absolute atomic E-state index is 0.00722. The number of rotatable bonds is 9. The molecule has 1 aromatic carbocycles. The third-order valence-electron chi connectivity index (χ3n) is 5.69. The molecule has 7 heteroatoms. The summed E-state index contributed by atoms with van der Waals surface area (Å²) in [4.78, 5) is 18.1. The molecule has 1 saturated heterocycles. The molecule has 0 bridgehead atoms. The Balaban J connectivity index is 1.45. The lowest BCUT2D eigenvalue weighted by molar-refractivity contribution is -0.127. The van der Waals surface area contributed by atoms with Crippen molar-refractivity contribution in [3.8, 4) is 0 Å². The molecule has 0 spiro atoms. The third-order valence-corrected chi connectivity index (χ3v) is 5.69. The number of carbonyl (C=O) groups excluding carboxylic acids is 1. The maximum Gasteiger partial charge on any atom is 0.243 e. The Morgan fingerprint density at radius 1 is 1.27 bits per heavy atom. The molecular weight excluding hydrogens is 380 g/mol. The highest BCUT2D eigenvalue weighted by atomic mass is 16.5. The van der Waals surface area contributed by atoms with Crippen LogP contribution in [0.25, 0.3) is 0 Å². The van der Waals surface area contributed by atoms with Crippen molar-refractivity contribution in [2.45, 2.75) is 38.1 Å². The van der Waals surface area contributed by atoms with Crippen LogP contribution in [0, 0.1) is 5.92 Å². The predicted octanol–water partition coefficient (Wildman–Crippen LogP) is 1.61. The second-order valence-electron chi connectivity index (χ2n) is 8.39. The Labute approximate surface area is 180 Å². The Hall–Kier alpha value is -2.12. The summed E-state index contributed by atoms with van der Waals surface area (Å²) in [5, 5.41) is 6.91. The van der Waals surface area contributed by atoms with Gasteiger partial charge in [0.1, 0.15) is 6.54 Å². The standard InChI is InChI=1S/C23H36N4O3/c1-27(2)22(28)15-25-23(24-11-5-12-29-16-18-10-13-30-17-18)26-21-9-8-19-6-3-4-7-20(19)14-21/h3-4,6-7,18,21H,5,8-17H2,1-2H3,(H2,24,25,26). The van der Waals surface area contributed by atoms with Gasteiger partial charge in [-0.1, -0.05) is 24.3 Å². The summed E-state index contributed by atoms with van der Waals surface area (Å²) < 4.78 is 11.2. The van der Waals surface area contributed by atoms with Crippen LogP contribution in [0.4, 0.5) is 0 Å². The Morgan fingerprint density at radius 3 is 2.87 bits per heavy atom. The number of amides is 1. The number of likely N-dealkylation sites (N-methyl/N-ethyl adjacent to an activating group) is 1. The van der Waals surface area contributed by atoms with E-state index in [9.17, 15) is 4.79 Å². The highest BCUT2D eigenvalue weighted by Crippen LogP contribution is 2.21. The van der Waals surface area contributed by atoms with E-state index in [1.165, 1.54) is 11.1 Å². The summed E-state index contributed by atoms with van der Waals surface area (Å²) in [5.41, 5.74) is 2.84. The number of guanidine groups is 1. The number of fused-ring (bicyclic) bond motifs is 1. The molecule has 1 aromatic rings. The molecule has 1 heterocycles. The lowest BCUT2D eigenvalue weighted by Crippen LogP contribution is -2.46. The molecule has 2 unspecified atom stereocenters. The molecule has 1 amide bonds. The number of nitrogens with zero attached hydrogens (tertiary/aromatic N) is 2. The van der Waals surface area contributed by atoms with Crippen LogP contribution in [-0.2, 0) is 27.1 Å². The van der Waals surface area contributed by atoms with Crippen LogP contribution in [0.15, 0.2) is 29.3 Å². The van der Waals surface area contributed by atoms with Crippen molar-refractivity contribution >= 4 is 11.9 Å². The van der Waals surface area contributed by atoms with Crippen molar-refractivity contribution in [2.24, 2.45) is 10.9 Å². The highest BCUT2D eigenvalue weighted by molar-refractivity contribution is 5.85. The monoisotopic (exact) mass is 416 g/mol. The maximum absolute atomic E-state index is 12.0. The number of aryl methyl sites for hydroxylation is 1. The van der Waals surface area contributed by atoms with Gasteiger partial charge in [-0.3, -0.25) is 4.79 Å². The number of aliphatic imine (C=N–C) groups is 1. The van der Waals surface area contributed by atoms with Crippen LogP contribution in [0.3, 0.4) is 0 Å². The van der Waals surface area contributed by atoms with Crippen molar-refractivity contribution in [1.29, 1.82) is 0 Å². The summed E-state index contributed by atoms with van der Waals surface area (Å²) in [7, 11) is 3.51. The van der Waals surface area contributed by atoms with E-state index in [0.29, 0.717) is 24.5 Å². The van der Waals surface area contributed by atoms with Crippen LogP contribution in [0.5, 0.6) is 0 Å². The molecule has 1 aliphatic heterocycles. The second-order valence-corrected chi connectivity index (χ2v) is 8.39. The zero-order valence-corrected chi connectivity index (χ0v) is 18.4.